The number of ether oxygens (including phenoxy) is 10. The lowest BCUT2D eigenvalue weighted by molar-refractivity contribution is -0.394. The first kappa shape index (κ1) is 57.3. The third-order valence-corrected chi connectivity index (χ3v) is 12.1. The van der Waals surface area contributed by atoms with Crippen molar-refractivity contribution in [2.24, 2.45) is 0 Å². The van der Waals surface area contributed by atoms with Gasteiger partial charge in [0.05, 0.1) is 52.3 Å². The molecule has 5 fully saturated rings. The molecule has 0 aromatic heterocycles. The minimum atomic E-state index is -2.28. The van der Waals surface area contributed by atoms with E-state index in [0.717, 1.165) is 13.8 Å². The van der Waals surface area contributed by atoms with Crippen molar-refractivity contribution >= 4 is 18.2 Å². The number of aliphatic hydroxyl groups is 15. The van der Waals surface area contributed by atoms with Crippen molar-refractivity contribution in [2.75, 3.05) is 46.2 Å². The van der Waals surface area contributed by atoms with Crippen LogP contribution < -0.4 is 16.0 Å². The molecular formula is C38H65N3O28. The van der Waals surface area contributed by atoms with Gasteiger partial charge in [0.2, 0.25) is 18.2 Å². The molecule has 400 valence electrons. The zero-order valence-electron chi connectivity index (χ0n) is 37.1. The Morgan fingerprint density at radius 1 is 0.464 bits per heavy atom. The van der Waals surface area contributed by atoms with Crippen molar-refractivity contribution in [2.45, 2.75) is 173 Å². The smallest absolute Gasteiger partial charge is 0.217 e. The highest BCUT2D eigenvalue weighted by Gasteiger charge is 2.58. The van der Waals surface area contributed by atoms with Crippen molar-refractivity contribution in [1.82, 2.24) is 16.0 Å². The summed E-state index contributed by atoms with van der Waals surface area (Å²) in [5, 5.41) is 167. The second-order valence-corrected chi connectivity index (χ2v) is 16.9. The Hall–Kier alpha value is -2.59. The van der Waals surface area contributed by atoms with E-state index in [1.54, 1.807) is 0 Å². The van der Waals surface area contributed by atoms with E-state index in [-0.39, 0.29) is 6.41 Å². The molecule has 5 rings (SSSR count). The molecule has 0 aromatic carbocycles. The molecule has 18 N–H and O–H groups in total. The van der Waals surface area contributed by atoms with Crippen LogP contribution in [0.1, 0.15) is 13.8 Å². The molecule has 5 aliphatic rings. The van der Waals surface area contributed by atoms with Gasteiger partial charge in [-0.25, -0.2) is 0 Å². The molecule has 0 radical (unpaired) electrons. The number of hydrogen-bond acceptors (Lipinski definition) is 28. The number of carbonyl (C=O) groups is 3. The highest BCUT2D eigenvalue weighted by molar-refractivity contribution is 5.73. The van der Waals surface area contributed by atoms with Gasteiger partial charge in [0, 0.05) is 13.8 Å². The van der Waals surface area contributed by atoms with Gasteiger partial charge in [-0.05, 0) is 0 Å². The summed E-state index contributed by atoms with van der Waals surface area (Å²) in [6, 6.07) is -4.44. The maximum Gasteiger partial charge on any atom is 0.217 e. The fourth-order valence-electron chi connectivity index (χ4n) is 8.41. The molecular weight excluding hydrogens is 946 g/mol. The van der Waals surface area contributed by atoms with Crippen LogP contribution in [0.5, 0.6) is 0 Å². The average Bonchev–Trinajstić information content (AvgIpc) is 3.32. The first-order valence-electron chi connectivity index (χ1n) is 21.8. The third kappa shape index (κ3) is 13.2. The fraction of sp³-hybridized carbons (Fsp3) is 0.921. The summed E-state index contributed by atoms with van der Waals surface area (Å²) < 4.78 is 58.3. The van der Waals surface area contributed by atoms with Crippen LogP contribution >= 0.6 is 0 Å². The number of hydrogen-bond donors (Lipinski definition) is 18. The van der Waals surface area contributed by atoms with Gasteiger partial charge >= 0.3 is 0 Å². The maximum absolute atomic E-state index is 12.8. The number of carbonyl (C=O) groups excluding carboxylic acids is 3. The molecule has 0 unspecified atom stereocenters. The second kappa shape index (κ2) is 25.9. The number of amides is 3. The highest BCUT2D eigenvalue weighted by atomic mass is 16.8. The third-order valence-electron chi connectivity index (χ3n) is 12.1. The number of rotatable bonds is 21. The molecule has 0 aliphatic carbocycles. The largest absolute Gasteiger partial charge is 0.394 e. The van der Waals surface area contributed by atoms with Crippen molar-refractivity contribution in [3.8, 4) is 0 Å². The topological polar surface area (TPSA) is 483 Å². The summed E-state index contributed by atoms with van der Waals surface area (Å²) in [4.78, 5) is 36.0. The fourth-order valence-corrected chi connectivity index (χ4v) is 8.41. The Balaban J connectivity index is 1.53. The molecule has 26 atom stereocenters. The molecule has 69 heavy (non-hydrogen) atoms. The van der Waals surface area contributed by atoms with Crippen LogP contribution in [0.3, 0.4) is 0 Å². The van der Waals surface area contributed by atoms with Crippen molar-refractivity contribution in [1.29, 1.82) is 0 Å². The Bertz CT molecular complexity index is 1610. The molecule has 31 heteroatoms. The zero-order valence-corrected chi connectivity index (χ0v) is 37.1. The first-order valence-corrected chi connectivity index (χ1v) is 21.8. The SMILES string of the molecule is CC(=O)N[C@H]1[C@H](O[C@@H]2[C@H](O[C@@H]3O[C@H](CO)[C@@H](O)[C@H](O[C@@H]4O[C@H](CO)[C@H](O)[C@H](O)[C@H]4O)[C@H]3NC(C)=O)[C@@H](O)[C@H](O[C@H]3[C@H](O)[C@@H](O)[C@H](OC[C@@H](CO)NC=O)O[C@@H]3CO)O[C@@H]2CO)O[C@H](CO)[C@H](O)[C@@H]1O. The minimum Gasteiger partial charge on any atom is -0.394 e. The molecule has 5 aliphatic heterocycles. The van der Waals surface area contributed by atoms with E-state index in [1.807, 2.05) is 0 Å². The van der Waals surface area contributed by atoms with Gasteiger partial charge in [-0.2, -0.15) is 0 Å². The molecule has 0 bridgehead atoms. The maximum atomic E-state index is 12.8. The van der Waals surface area contributed by atoms with E-state index in [0.29, 0.717) is 0 Å². The molecule has 0 aromatic rings. The Labute approximate surface area is 391 Å². The van der Waals surface area contributed by atoms with Crippen LogP contribution in [0.4, 0.5) is 0 Å². The van der Waals surface area contributed by atoms with Gasteiger partial charge in [0.25, 0.3) is 0 Å². The second-order valence-electron chi connectivity index (χ2n) is 16.9. The van der Waals surface area contributed by atoms with Gasteiger partial charge in [-0.1, -0.05) is 0 Å². The molecule has 5 heterocycles. The van der Waals surface area contributed by atoms with Crippen LogP contribution in [-0.4, -0.2) is 301 Å². The van der Waals surface area contributed by atoms with Crippen molar-refractivity contribution in [3.05, 3.63) is 0 Å². The Kier molecular flexibility index (Phi) is 21.5. The number of nitrogens with one attached hydrogen (secondary N) is 3. The highest BCUT2D eigenvalue weighted by Crippen LogP contribution is 2.37. The normalized spacial score (nSPS) is 45.6. The van der Waals surface area contributed by atoms with Crippen molar-refractivity contribution in [3.63, 3.8) is 0 Å². The lowest BCUT2D eigenvalue weighted by Gasteiger charge is -2.51. The predicted molar refractivity (Wildman–Crippen MR) is 214 cm³/mol. The molecule has 0 spiro atoms. The standard InChI is InChI=1S/C38H65N3O28/c1-11(49)40-19-24(54)21(51)14(4-43)61-34(19)67-31-18(8-47)65-38(66-30-17(7-46)64-36(28(58)26(30)56)60-9-13(3-42)39-10-48)29(59)33(31)69-35-20(41-12(2)50)32(23(53)16(6-45)62-35)68-37-27(57)25(55)22(52)15(5-44)63-37/h10,13-38,42-47,51-59H,3-9H2,1-2H3,(H,39,48)(H,40,49)(H,41,50)/t13-,14-,15-,16-,17-,18-,19-,20-,21+,22+,23-,24-,25+,26-,27-,28-,29-,30-,31+,32-,33-,34+,35+,36-,37+,38+/m1/s1. The van der Waals surface area contributed by atoms with Gasteiger partial charge in [0.15, 0.2) is 31.5 Å². The Morgan fingerprint density at radius 2 is 0.884 bits per heavy atom. The summed E-state index contributed by atoms with van der Waals surface area (Å²) in [6.07, 6.45) is -43.3. The predicted octanol–water partition coefficient (Wildman–Crippen LogP) is -12.5. The quantitative estimate of drug-likeness (QED) is 0.0475. The van der Waals surface area contributed by atoms with E-state index in [9.17, 15) is 91.0 Å². The van der Waals surface area contributed by atoms with E-state index in [4.69, 9.17) is 47.4 Å². The number of aliphatic hydroxyl groups excluding tert-OH is 15. The summed E-state index contributed by atoms with van der Waals surface area (Å²) in [5.41, 5.74) is 0. The molecule has 3 amide bonds. The van der Waals surface area contributed by atoms with E-state index in [1.165, 1.54) is 0 Å². The molecule has 5 saturated heterocycles. The van der Waals surface area contributed by atoms with E-state index in [2.05, 4.69) is 16.0 Å². The van der Waals surface area contributed by atoms with Crippen LogP contribution in [-0.2, 0) is 61.8 Å². The molecule has 31 nitrogen and oxygen atoms in total. The van der Waals surface area contributed by atoms with E-state index >= 15 is 0 Å². The summed E-state index contributed by atoms with van der Waals surface area (Å²) in [6.45, 7) is -3.91. The Morgan fingerprint density at radius 3 is 1.43 bits per heavy atom. The van der Waals surface area contributed by atoms with E-state index < -0.39 is 218 Å². The lowest BCUT2D eigenvalue weighted by atomic mass is 9.93. The van der Waals surface area contributed by atoms with Crippen LogP contribution in [0.2, 0.25) is 0 Å². The average molecular weight is 1010 g/mol. The van der Waals surface area contributed by atoms with Gasteiger partial charge < -0.3 is 140 Å². The zero-order chi connectivity index (χ0) is 51.0. The van der Waals surface area contributed by atoms with Crippen LogP contribution in [0.15, 0.2) is 0 Å². The first-order chi connectivity index (χ1) is 32.8. The van der Waals surface area contributed by atoms with Crippen LogP contribution in [0.25, 0.3) is 0 Å². The van der Waals surface area contributed by atoms with Crippen molar-refractivity contribution < 1.29 is 138 Å². The lowest BCUT2D eigenvalue weighted by Crippen LogP contribution is -2.71. The summed E-state index contributed by atoms with van der Waals surface area (Å²) in [7, 11) is 0. The minimum absolute atomic E-state index is 0.271. The monoisotopic (exact) mass is 1010 g/mol. The summed E-state index contributed by atoms with van der Waals surface area (Å²) >= 11 is 0. The van der Waals surface area contributed by atoms with Gasteiger partial charge in [0.1, 0.15) is 122 Å². The summed E-state index contributed by atoms with van der Waals surface area (Å²) in [5.74, 6) is -1.65. The molecule has 0 saturated carbocycles. The van der Waals surface area contributed by atoms with Gasteiger partial charge in [-0.15, -0.1) is 0 Å². The van der Waals surface area contributed by atoms with Crippen LogP contribution in [0, 0.1) is 0 Å². The van der Waals surface area contributed by atoms with Gasteiger partial charge in [-0.3, -0.25) is 14.4 Å².